The molecule has 0 spiro atoms. The van der Waals surface area contributed by atoms with Crippen LogP contribution in [0.2, 0.25) is 5.15 Å². The number of halogens is 1. The van der Waals surface area contributed by atoms with Crippen LogP contribution in [0.5, 0.6) is 0 Å². The molecule has 0 unspecified atom stereocenters. The largest absolute Gasteiger partial charge is 0.459 e. The number of nitriles is 1. The summed E-state index contributed by atoms with van der Waals surface area (Å²) in [5.41, 5.74) is 0.388. The molecule has 5 nitrogen and oxygen atoms in total. The first-order chi connectivity index (χ1) is 9.02. The van der Waals surface area contributed by atoms with E-state index in [0.29, 0.717) is 10.7 Å². The standard InChI is InChI=1S/C12H10ClN3O2S/c1-7(2)18-11(17)8(6-14)5-9-10(13)15-12-16(9)3-4-19-12/h3-5,7H,1-2H3/b8-5+. The van der Waals surface area contributed by atoms with Gasteiger partial charge >= 0.3 is 5.97 Å². The molecular weight excluding hydrogens is 286 g/mol. The quantitative estimate of drug-likeness (QED) is 0.496. The van der Waals surface area contributed by atoms with Crippen LogP contribution in [-0.2, 0) is 9.53 Å². The minimum atomic E-state index is -0.668. The van der Waals surface area contributed by atoms with Gasteiger partial charge in [-0.25, -0.2) is 9.78 Å². The number of hydrogen-bond donors (Lipinski definition) is 0. The van der Waals surface area contributed by atoms with Crippen molar-refractivity contribution in [3.63, 3.8) is 0 Å². The van der Waals surface area contributed by atoms with Crippen LogP contribution in [0, 0.1) is 11.3 Å². The molecule has 0 saturated heterocycles. The maximum atomic E-state index is 11.7. The van der Waals surface area contributed by atoms with Gasteiger partial charge in [0.05, 0.1) is 11.8 Å². The highest BCUT2D eigenvalue weighted by atomic mass is 35.5. The van der Waals surface area contributed by atoms with E-state index < -0.39 is 5.97 Å². The van der Waals surface area contributed by atoms with Crippen LogP contribution in [0.1, 0.15) is 19.5 Å². The summed E-state index contributed by atoms with van der Waals surface area (Å²) in [6.45, 7) is 3.44. The highest BCUT2D eigenvalue weighted by Gasteiger charge is 2.16. The van der Waals surface area contributed by atoms with Gasteiger partial charge in [0.2, 0.25) is 0 Å². The molecule has 0 fully saturated rings. The van der Waals surface area contributed by atoms with Crippen LogP contribution in [0.15, 0.2) is 17.2 Å². The van der Waals surface area contributed by atoms with Gasteiger partial charge in [-0.05, 0) is 19.9 Å². The van der Waals surface area contributed by atoms with Gasteiger partial charge in [-0.3, -0.25) is 4.40 Å². The van der Waals surface area contributed by atoms with Gasteiger partial charge in [0.1, 0.15) is 11.6 Å². The SMILES string of the molecule is CC(C)OC(=O)/C(C#N)=C/c1c(Cl)nc2sccn12. The zero-order valence-electron chi connectivity index (χ0n) is 10.3. The Kier molecular flexibility index (Phi) is 3.88. The molecule has 0 aliphatic rings. The molecule has 0 aromatic carbocycles. The molecule has 0 aliphatic carbocycles. The minimum absolute atomic E-state index is 0.108. The highest BCUT2D eigenvalue weighted by molar-refractivity contribution is 7.15. The van der Waals surface area contributed by atoms with Crippen LogP contribution in [-0.4, -0.2) is 21.5 Å². The predicted octanol–water partition coefficient (Wildman–Crippen LogP) is 2.91. The van der Waals surface area contributed by atoms with Crippen molar-refractivity contribution in [2.45, 2.75) is 20.0 Å². The second kappa shape index (κ2) is 5.43. The lowest BCUT2D eigenvalue weighted by Gasteiger charge is -2.06. The molecule has 98 valence electrons. The zero-order chi connectivity index (χ0) is 14.0. The topological polar surface area (TPSA) is 67.4 Å². The number of aromatic nitrogens is 2. The van der Waals surface area contributed by atoms with Gasteiger partial charge in [0.15, 0.2) is 10.1 Å². The Morgan fingerprint density at radius 3 is 3.05 bits per heavy atom. The van der Waals surface area contributed by atoms with E-state index in [9.17, 15) is 4.79 Å². The predicted molar refractivity (Wildman–Crippen MR) is 72.9 cm³/mol. The van der Waals surface area contributed by atoms with E-state index in [-0.39, 0.29) is 16.8 Å². The first kappa shape index (κ1) is 13.6. The first-order valence-electron chi connectivity index (χ1n) is 5.46. The lowest BCUT2D eigenvalue weighted by molar-refractivity contribution is -0.142. The minimum Gasteiger partial charge on any atom is -0.459 e. The van der Waals surface area contributed by atoms with Crippen LogP contribution < -0.4 is 0 Å². The number of carbonyl (C=O) groups excluding carboxylic acids is 1. The van der Waals surface area contributed by atoms with Gasteiger partial charge in [-0.2, -0.15) is 5.26 Å². The van der Waals surface area contributed by atoms with Crippen molar-refractivity contribution < 1.29 is 9.53 Å². The summed E-state index contributed by atoms with van der Waals surface area (Å²) in [5, 5.41) is 11.1. The molecule has 0 bridgehead atoms. The maximum Gasteiger partial charge on any atom is 0.349 e. The fraction of sp³-hybridized carbons (Fsp3) is 0.250. The Bertz CT molecular complexity index is 693. The van der Waals surface area contributed by atoms with E-state index in [1.54, 1.807) is 24.4 Å². The summed E-state index contributed by atoms with van der Waals surface area (Å²) in [6, 6.07) is 1.82. The molecule has 0 N–H and O–H groups in total. The van der Waals surface area contributed by atoms with E-state index in [4.69, 9.17) is 21.6 Å². The zero-order valence-corrected chi connectivity index (χ0v) is 11.8. The molecule has 2 rings (SSSR count). The van der Waals surface area contributed by atoms with Crippen LogP contribution in [0.3, 0.4) is 0 Å². The third-order valence-corrected chi connectivity index (χ3v) is 3.25. The second-order valence-corrected chi connectivity index (χ2v) is 5.20. The van der Waals surface area contributed by atoms with Crippen molar-refractivity contribution in [2.75, 3.05) is 0 Å². The van der Waals surface area contributed by atoms with Crippen molar-refractivity contribution >= 4 is 39.9 Å². The van der Waals surface area contributed by atoms with Crippen molar-refractivity contribution in [2.24, 2.45) is 0 Å². The number of imidazole rings is 1. The summed E-state index contributed by atoms with van der Waals surface area (Å²) in [4.78, 5) is 16.5. The number of fused-ring (bicyclic) bond motifs is 1. The summed E-state index contributed by atoms with van der Waals surface area (Å²) in [5.74, 6) is -0.668. The number of nitrogens with zero attached hydrogens (tertiary/aromatic N) is 3. The van der Waals surface area contributed by atoms with Crippen LogP contribution >= 0.6 is 22.9 Å². The molecule has 2 heterocycles. The van der Waals surface area contributed by atoms with Gasteiger partial charge in [-0.15, -0.1) is 11.3 Å². The van der Waals surface area contributed by atoms with Gasteiger partial charge in [0, 0.05) is 11.6 Å². The van der Waals surface area contributed by atoms with E-state index in [1.165, 1.54) is 17.4 Å². The molecule has 0 atom stereocenters. The Morgan fingerprint density at radius 1 is 1.68 bits per heavy atom. The third kappa shape index (κ3) is 2.78. The monoisotopic (exact) mass is 295 g/mol. The first-order valence-corrected chi connectivity index (χ1v) is 6.72. The number of ether oxygens (including phenoxy) is 1. The van der Waals surface area contributed by atoms with Crippen molar-refractivity contribution in [1.82, 2.24) is 9.38 Å². The number of rotatable bonds is 3. The van der Waals surface area contributed by atoms with Gasteiger partial charge < -0.3 is 4.74 Å². The van der Waals surface area contributed by atoms with Gasteiger partial charge in [0.25, 0.3) is 0 Å². The Balaban J connectivity index is 2.43. The lowest BCUT2D eigenvalue weighted by Crippen LogP contribution is -2.12. The van der Waals surface area contributed by atoms with Crippen LogP contribution in [0.4, 0.5) is 0 Å². The number of hydrogen-bond acceptors (Lipinski definition) is 5. The van der Waals surface area contributed by atoms with Crippen LogP contribution in [0.25, 0.3) is 11.0 Å². The van der Waals surface area contributed by atoms with Gasteiger partial charge in [-0.1, -0.05) is 11.6 Å². The van der Waals surface area contributed by atoms with E-state index in [2.05, 4.69) is 4.98 Å². The van der Waals surface area contributed by atoms with Crippen molar-refractivity contribution in [3.8, 4) is 6.07 Å². The molecule has 19 heavy (non-hydrogen) atoms. The third-order valence-electron chi connectivity index (χ3n) is 2.22. The summed E-state index contributed by atoms with van der Waals surface area (Å²) >= 11 is 7.40. The molecule has 0 saturated carbocycles. The fourth-order valence-electron chi connectivity index (χ4n) is 1.46. The molecule has 0 amide bonds. The normalized spacial score (nSPS) is 11.8. The number of thiazole rings is 1. The molecule has 7 heteroatoms. The lowest BCUT2D eigenvalue weighted by atomic mass is 10.2. The molecular formula is C12H10ClN3O2S. The fourth-order valence-corrected chi connectivity index (χ4v) is 2.45. The Labute approximate surface area is 118 Å². The van der Waals surface area contributed by atoms with E-state index in [0.717, 1.165) is 0 Å². The maximum absolute atomic E-state index is 11.7. The smallest absolute Gasteiger partial charge is 0.349 e. The number of esters is 1. The molecule has 2 aromatic rings. The summed E-state index contributed by atoms with van der Waals surface area (Å²) in [6.07, 6.45) is 2.87. The average Bonchev–Trinajstić information content (AvgIpc) is 2.86. The van der Waals surface area contributed by atoms with E-state index in [1.807, 2.05) is 11.4 Å². The van der Waals surface area contributed by atoms with Crippen molar-refractivity contribution in [1.29, 1.82) is 5.26 Å². The second-order valence-electron chi connectivity index (χ2n) is 3.97. The van der Waals surface area contributed by atoms with Crippen molar-refractivity contribution in [3.05, 3.63) is 28.0 Å². The average molecular weight is 296 g/mol. The Hall–Kier alpha value is -1.84. The summed E-state index contributed by atoms with van der Waals surface area (Å²) in [7, 11) is 0. The molecule has 0 radical (unpaired) electrons. The molecule has 2 aromatic heterocycles. The van der Waals surface area contributed by atoms with E-state index >= 15 is 0 Å². The number of carbonyl (C=O) groups is 1. The molecule has 0 aliphatic heterocycles. The Morgan fingerprint density at radius 2 is 2.42 bits per heavy atom. The summed E-state index contributed by atoms with van der Waals surface area (Å²) < 4.78 is 6.70. The highest BCUT2D eigenvalue weighted by Crippen LogP contribution is 2.23.